The highest BCUT2D eigenvalue weighted by Gasteiger charge is 2.34. The predicted molar refractivity (Wildman–Crippen MR) is 82.6 cm³/mol. The molecular formula is C16H18N2O2S. The van der Waals surface area contributed by atoms with Gasteiger partial charge in [-0.3, -0.25) is 9.59 Å². The Bertz CT molecular complexity index is 669. The minimum atomic E-state index is -0.0131. The van der Waals surface area contributed by atoms with Crippen molar-refractivity contribution in [1.29, 1.82) is 0 Å². The number of rotatable bonds is 5. The van der Waals surface area contributed by atoms with Crippen molar-refractivity contribution in [3.05, 3.63) is 45.9 Å². The molecule has 0 atom stereocenters. The Hall–Kier alpha value is -1.88. The Balaban J connectivity index is 1.85. The zero-order chi connectivity index (χ0) is 15.0. The quantitative estimate of drug-likeness (QED) is 0.797. The normalized spacial score (nSPS) is 14.2. The number of aromatic nitrogens is 1. The summed E-state index contributed by atoms with van der Waals surface area (Å²) in [6.45, 7) is 2.18. The summed E-state index contributed by atoms with van der Waals surface area (Å²) in [6, 6.07) is 6.11. The van der Waals surface area contributed by atoms with Crippen molar-refractivity contribution in [2.45, 2.75) is 32.4 Å². The van der Waals surface area contributed by atoms with Crippen LogP contribution < -0.4 is 0 Å². The summed E-state index contributed by atoms with van der Waals surface area (Å²) in [6.07, 6.45) is 3.87. The van der Waals surface area contributed by atoms with E-state index in [0.29, 0.717) is 23.8 Å². The first-order valence-electron chi connectivity index (χ1n) is 7.07. The van der Waals surface area contributed by atoms with E-state index in [1.807, 2.05) is 23.4 Å². The first-order chi connectivity index (χ1) is 10.1. The lowest BCUT2D eigenvalue weighted by molar-refractivity contribution is 0.0722. The maximum atomic E-state index is 12.8. The summed E-state index contributed by atoms with van der Waals surface area (Å²) in [5.74, 6) is 0.00165. The van der Waals surface area contributed by atoms with Crippen molar-refractivity contribution in [2.24, 2.45) is 7.05 Å². The van der Waals surface area contributed by atoms with E-state index in [0.717, 1.165) is 12.8 Å². The highest BCUT2D eigenvalue weighted by atomic mass is 32.1. The number of thiophene rings is 1. The lowest BCUT2D eigenvalue weighted by Crippen LogP contribution is -2.33. The molecule has 0 radical (unpaired) electrons. The number of hydrogen-bond donors (Lipinski definition) is 0. The third-order valence-corrected chi connectivity index (χ3v) is 4.65. The predicted octanol–water partition coefficient (Wildman–Crippen LogP) is 3.09. The third kappa shape index (κ3) is 2.93. The fourth-order valence-electron chi connectivity index (χ4n) is 2.44. The van der Waals surface area contributed by atoms with Crippen molar-refractivity contribution in [2.75, 3.05) is 0 Å². The van der Waals surface area contributed by atoms with Crippen molar-refractivity contribution in [3.8, 4) is 0 Å². The van der Waals surface area contributed by atoms with Crippen molar-refractivity contribution < 1.29 is 9.59 Å². The molecule has 0 saturated heterocycles. The molecule has 1 saturated carbocycles. The number of carbonyl (C=O) groups is 2. The van der Waals surface area contributed by atoms with Gasteiger partial charge in [-0.25, -0.2) is 0 Å². The van der Waals surface area contributed by atoms with Gasteiger partial charge in [-0.15, -0.1) is 11.3 Å². The van der Waals surface area contributed by atoms with Gasteiger partial charge in [0.1, 0.15) is 5.69 Å². The van der Waals surface area contributed by atoms with Gasteiger partial charge >= 0.3 is 0 Å². The molecule has 2 aromatic rings. The van der Waals surface area contributed by atoms with Gasteiger partial charge in [0, 0.05) is 29.7 Å². The second-order valence-electron chi connectivity index (χ2n) is 5.52. The molecule has 2 heterocycles. The Morgan fingerprint density at radius 1 is 1.43 bits per heavy atom. The molecule has 1 fully saturated rings. The smallest absolute Gasteiger partial charge is 0.271 e. The molecule has 2 aromatic heterocycles. The molecule has 1 aliphatic rings. The average molecular weight is 302 g/mol. The number of hydrogen-bond acceptors (Lipinski definition) is 3. The maximum absolute atomic E-state index is 12.8. The van der Waals surface area contributed by atoms with Crippen LogP contribution in [0.1, 0.15) is 45.5 Å². The van der Waals surface area contributed by atoms with Crippen molar-refractivity contribution in [1.82, 2.24) is 9.47 Å². The minimum Gasteiger partial charge on any atom is -0.346 e. The highest BCUT2D eigenvalue weighted by molar-refractivity contribution is 7.09. The zero-order valence-electron chi connectivity index (χ0n) is 12.2. The van der Waals surface area contributed by atoms with Gasteiger partial charge in [0.05, 0.1) is 6.54 Å². The molecule has 3 rings (SSSR count). The lowest BCUT2D eigenvalue weighted by Gasteiger charge is -2.22. The fraction of sp³-hybridized carbons (Fsp3) is 0.375. The van der Waals surface area contributed by atoms with Crippen LogP contribution in [-0.2, 0) is 13.6 Å². The van der Waals surface area contributed by atoms with E-state index in [1.165, 1.54) is 11.8 Å². The SMILES string of the molecule is CC(=O)c1cc(C(=O)N(Cc2cccs2)C2CC2)n(C)c1. The van der Waals surface area contributed by atoms with Gasteiger partial charge in [-0.1, -0.05) is 6.07 Å². The minimum absolute atomic E-state index is 0.0131. The van der Waals surface area contributed by atoms with E-state index >= 15 is 0 Å². The summed E-state index contributed by atoms with van der Waals surface area (Å²) in [4.78, 5) is 27.4. The lowest BCUT2D eigenvalue weighted by atomic mass is 10.2. The maximum Gasteiger partial charge on any atom is 0.271 e. The van der Waals surface area contributed by atoms with Crippen LogP contribution in [0.4, 0.5) is 0 Å². The van der Waals surface area contributed by atoms with Crippen LogP contribution in [-0.4, -0.2) is 27.2 Å². The highest BCUT2D eigenvalue weighted by Crippen LogP contribution is 2.30. The molecule has 21 heavy (non-hydrogen) atoms. The van der Waals surface area contributed by atoms with Gasteiger partial charge in [-0.05, 0) is 37.3 Å². The Labute approximate surface area is 128 Å². The van der Waals surface area contributed by atoms with Crippen LogP contribution in [0, 0.1) is 0 Å². The number of Topliss-reactive ketones (excluding diaryl/α,β-unsaturated/α-hetero) is 1. The summed E-state index contributed by atoms with van der Waals surface area (Å²) in [5, 5.41) is 2.03. The zero-order valence-corrected chi connectivity index (χ0v) is 13.0. The molecule has 1 amide bonds. The van der Waals surface area contributed by atoms with Crippen molar-refractivity contribution >= 4 is 23.0 Å². The van der Waals surface area contributed by atoms with Gasteiger partial charge < -0.3 is 9.47 Å². The average Bonchev–Trinajstić information content (AvgIpc) is 3.00. The molecule has 0 N–H and O–H groups in total. The molecule has 1 aliphatic carbocycles. The molecule has 0 spiro atoms. The van der Waals surface area contributed by atoms with Gasteiger partial charge in [0.25, 0.3) is 5.91 Å². The molecule has 4 nitrogen and oxygen atoms in total. The number of aryl methyl sites for hydroxylation is 1. The Morgan fingerprint density at radius 3 is 2.71 bits per heavy atom. The second kappa shape index (κ2) is 5.48. The van der Waals surface area contributed by atoms with Crippen LogP contribution >= 0.6 is 11.3 Å². The first kappa shape index (κ1) is 14.1. The first-order valence-corrected chi connectivity index (χ1v) is 7.95. The fourth-order valence-corrected chi connectivity index (χ4v) is 3.14. The van der Waals surface area contributed by atoms with Crippen LogP contribution in [0.3, 0.4) is 0 Å². The van der Waals surface area contributed by atoms with E-state index in [4.69, 9.17) is 0 Å². The van der Waals surface area contributed by atoms with Gasteiger partial charge in [0.15, 0.2) is 5.78 Å². The molecule has 0 aliphatic heterocycles. The van der Waals surface area contributed by atoms with Crippen LogP contribution in [0.25, 0.3) is 0 Å². The number of nitrogens with zero attached hydrogens (tertiary/aromatic N) is 2. The van der Waals surface area contributed by atoms with E-state index in [2.05, 4.69) is 6.07 Å². The van der Waals surface area contributed by atoms with E-state index < -0.39 is 0 Å². The van der Waals surface area contributed by atoms with Crippen LogP contribution in [0.2, 0.25) is 0 Å². The largest absolute Gasteiger partial charge is 0.346 e. The molecule has 5 heteroatoms. The monoisotopic (exact) mass is 302 g/mol. The second-order valence-corrected chi connectivity index (χ2v) is 6.56. The van der Waals surface area contributed by atoms with Gasteiger partial charge in [-0.2, -0.15) is 0 Å². The van der Waals surface area contributed by atoms with Crippen LogP contribution in [0.15, 0.2) is 29.8 Å². The Kier molecular flexibility index (Phi) is 3.68. The van der Waals surface area contributed by atoms with Crippen molar-refractivity contribution in [3.63, 3.8) is 0 Å². The number of amides is 1. The van der Waals surface area contributed by atoms with E-state index in [1.54, 1.807) is 28.2 Å². The summed E-state index contributed by atoms with van der Waals surface area (Å²) < 4.78 is 1.75. The summed E-state index contributed by atoms with van der Waals surface area (Å²) >= 11 is 1.67. The topological polar surface area (TPSA) is 42.3 Å². The number of carbonyl (C=O) groups excluding carboxylic acids is 2. The molecule has 0 unspecified atom stereocenters. The third-order valence-electron chi connectivity index (χ3n) is 3.79. The van der Waals surface area contributed by atoms with E-state index in [-0.39, 0.29) is 11.7 Å². The van der Waals surface area contributed by atoms with Gasteiger partial charge in [0.2, 0.25) is 0 Å². The standard InChI is InChI=1S/C16H18N2O2S/c1-11(19)12-8-15(17(2)9-12)16(20)18(13-5-6-13)10-14-4-3-7-21-14/h3-4,7-9,13H,5-6,10H2,1-2H3. The Morgan fingerprint density at radius 2 is 2.19 bits per heavy atom. The molecule has 0 bridgehead atoms. The number of ketones is 1. The van der Waals surface area contributed by atoms with E-state index in [9.17, 15) is 9.59 Å². The molecule has 0 aromatic carbocycles. The molecular weight excluding hydrogens is 284 g/mol. The molecule has 110 valence electrons. The summed E-state index contributed by atoms with van der Waals surface area (Å²) in [7, 11) is 1.82. The summed E-state index contributed by atoms with van der Waals surface area (Å²) in [5.41, 5.74) is 1.18. The van der Waals surface area contributed by atoms with Crippen LogP contribution in [0.5, 0.6) is 0 Å².